The van der Waals surface area contributed by atoms with E-state index < -0.39 is 7.12 Å². The molecular weight excluding hydrogens is 607 g/mol. The monoisotopic (exact) mass is 632 g/mol. The second-order valence-electron chi connectivity index (χ2n) is 7.27. The fourth-order valence-electron chi connectivity index (χ4n) is 2.94. The SMILES string of the molecule is C.Nc1cc(-c2ccco2)c(N)cc1-c1ccco1.Nc1cc(Br)c(N)cc1Br.OB(O)c1ccco1. The highest BCUT2D eigenvalue weighted by atomic mass is 79.9. The van der Waals surface area contributed by atoms with Crippen LogP contribution in [0.1, 0.15) is 7.43 Å². The highest BCUT2D eigenvalue weighted by Gasteiger charge is 2.13. The predicted molar refractivity (Wildman–Crippen MR) is 157 cm³/mol. The molecule has 5 rings (SSSR count). The molecule has 0 atom stereocenters. The van der Waals surface area contributed by atoms with Crippen LogP contribution in [0.2, 0.25) is 0 Å². The number of hydrogen-bond acceptors (Lipinski definition) is 9. The normalized spacial score (nSPS) is 9.84. The number of rotatable bonds is 3. The van der Waals surface area contributed by atoms with Crippen molar-refractivity contribution in [3.8, 4) is 22.6 Å². The molecule has 0 bridgehead atoms. The van der Waals surface area contributed by atoms with Crippen LogP contribution in [-0.2, 0) is 0 Å². The van der Waals surface area contributed by atoms with Gasteiger partial charge in [0.25, 0.3) is 0 Å². The van der Waals surface area contributed by atoms with Crippen molar-refractivity contribution in [3.63, 3.8) is 0 Å². The van der Waals surface area contributed by atoms with Crippen molar-refractivity contribution in [2.45, 2.75) is 7.43 Å². The maximum Gasteiger partial charge on any atom is 0.526 e. The first-order chi connectivity index (χ1) is 17.2. The summed E-state index contributed by atoms with van der Waals surface area (Å²) in [6.45, 7) is 0. The minimum absolute atomic E-state index is 0. The minimum atomic E-state index is -1.48. The van der Waals surface area contributed by atoms with Crippen LogP contribution in [0.15, 0.2) is 102 Å². The van der Waals surface area contributed by atoms with Gasteiger partial charge in [-0.25, -0.2) is 0 Å². The number of hydrogen-bond donors (Lipinski definition) is 6. The molecule has 5 aromatic rings. The Morgan fingerprint density at radius 3 is 1.30 bits per heavy atom. The Morgan fingerprint density at radius 1 is 0.595 bits per heavy atom. The van der Waals surface area contributed by atoms with Crippen LogP contribution >= 0.6 is 31.9 Å². The Morgan fingerprint density at radius 2 is 1.00 bits per heavy atom. The summed E-state index contributed by atoms with van der Waals surface area (Å²) in [5.41, 5.74) is 27.5. The maximum absolute atomic E-state index is 8.37. The molecule has 0 unspecified atom stereocenters. The lowest BCUT2D eigenvalue weighted by Gasteiger charge is -2.08. The van der Waals surface area contributed by atoms with E-state index in [0.717, 1.165) is 20.1 Å². The lowest BCUT2D eigenvalue weighted by molar-refractivity contribution is 0.409. The molecule has 10 N–H and O–H groups in total. The molecule has 194 valence electrons. The molecule has 0 saturated heterocycles. The molecule has 12 heteroatoms. The summed E-state index contributed by atoms with van der Waals surface area (Å²) in [5.74, 6) is 1.40. The van der Waals surface area contributed by atoms with Crippen LogP contribution in [-0.4, -0.2) is 17.2 Å². The van der Waals surface area contributed by atoms with Crippen molar-refractivity contribution in [1.82, 2.24) is 0 Å². The standard InChI is InChI=1S/C14H12N2O2.C6H6Br2N2.C4H5BO3.CH4/c15-11-8-10(14-4-2-6-18-14)12(16)7-9(11)13-3-1-5-17-13;7-3-1-5(9)4(8)2-6(3)10;6-5(7)4-2-1-3-8-4;/h1-8H,15-16H2;1-2H,9-10H2;1-3,6-7H;1H4. The zero-order valence-corrected chi connectivity index (χ0v) is 21.9. The Hall–Kier alpha value is -3.58. The van der Waals surface area contributed by atoms with E-state index in [-0.39, 0.29) is 13.1 Å². The van der Waals surface area contributed by atoms with E-state index in [1.54, 1.807) is 42.9 Å². The summed E-state index contributed by atoms with van der Waals surface area (Å²) >= 11 is 6.51. The van der Waals surface area contributed by atoms with Crippen LogP contribution in [0.25, 0.3) is 22.6 Å². The van der Waals surface area contributed by atoms with Gasteiger partial charge in [0, 0.05) is 42.8 Å². The fourth-order valence-corrected chi connectivity index (χ4v) is 3.66. The number of nitrogens with two attached hydrogens (primary N) is 4. The van der Waals surface area contributed by atoms with Gasteiger partial charge in [0.05, 0.1) is 18.8 Å². The van der Waals surface area contributed by atoms with Gasteiger partial charge >= 0.3 is 7.12 Å². The third-order valence-corrected chi connectivity index (χ3v) is 6.08. The number of furan rings is 3. The van der Waals surface area contributed by atoms with Crippen molar-refractivity contribution >= 4 is 67.4 Å². The highest BCUT2D eigenvalue weighted by Crippen LogP contribution is 2.35. The van der Waals surface area contributed by atoms with E-state index in [0.29, 0.717) is 34.3 Å². The third-order valence-electron chi connectivity index (χ3n) is 4.71. The number of nitrogen functional groups attached to an aromatic ring is 4. The molecule has 0 amide bonds. The van der Waals surface area contributed by atoms with Gasteiger partial charge in [-0.05, 0) is 92.5 Å². The minimum Gasteiger partial charge on any atom is -0.473 e. The first kappa shape index (κ1) is 29.7. The van der Waals surface area contributed by atoms with Crippen molar-refractivity contribution < 1.29 is 23.3 Å². The molecule has 9 nitrogen and oxygen atoms in total. The number of halogens is 2. The largest absolute Gasteiger partial charge is 0.526 e. The Bertz CT molecular complexity index is 1270. The van der Waals surface area contributed by atoms with Gasteiger partial charge in [0.15, 0.2) is 0 Å². The van der Waals surface area contributed by atoms with Crippen molar-refractivity contribution in [2.75, 3.05) is 22.9 Å². The van der Waals surface area contributed by atoms with Gasteiger partial charge in [-0.1, -0.05) is 7.43 Å². The first-order valence-corrected chi connectivity index (χ1v) is 11.9. The molecule has 0 radical (unpaired) electrons. The second kappa shape index (κ2) is 13.7. The highest BCUT2D eigenvalue weighted by molar-refractivity contribution is 9.11. The summed E-state index contributed by atoms with van der Waals surface area (Å²) in [4.78, 5) is 0. The molecule has 0 aliphatic rings. The summed E-state index contributed by atoms with van der Waals surface area (Å²) < 4.78 is 16.9. The second-order valence-corrected chi connectivity index (χ2v) is 8.97. The van der Waals surface area contributed by atoms with Crippen molar-refractivity contribution in [1.29, 1.82) is 0 Å². The first-order valence-electron chi connectivity index (χ1n) is 10.3. The summed E-state index contributed by atoms with van der Waals surface area (Å²) in [6.07, 6.45) is 4.59. The van der Waals surface area contributed by atoms with E-state index in [4.69, 9.17) is 41.8 Å². The summed E-state index contributed by atoms with van der Waals surface area (Å²) in [7, 11) is -1.48. The van der Waals surface area contributed by atoms with E-state index in [1.165, 1.54) is 12.3 Å². The molecule has 0 spiro atoms. The zero-order chi connectivity index (χ0) is 26.2. The van der Waals surface area contributed by atoms with E-state index >= 15 is 0 Å². The molecule has 3 heterocycles. The average molecular weight is 634 g/mol. The van der Waals surface area contributed by atoms with Gasteiger partial charge in [-0.15, -0.1) is 0 Å². The lowest BCUT2D eigenvalue weighted by Crippen LogP contribution is -2.27. The van der Waals surface area contributed by atoms with Crippen molar-refractivity contribution in [3.05, 3.63) is 88.4 Å². The van der Waals surface area contributed by atoms with Crippen LogP contribution in [0.5, 0.6) is 0 Å². The molecule has 0 aliphatic heterocycles. The maximum atomic E-state index is 8.37. The van der Waals surface area contributed by atoms with Gasteiger partial charge < -0.3 is 46.2 Å². The molecule has 3 aromatic heterocycles. The van der Waals surface area contributed by atoms with Crippen LogP contribution in [0.4, 0.5) is 22.7 Å². The zero-order valence-electron chi connectivity index (χ0n) is 18.8. The average Bonchev–Trinajstić information content (AvgIpc) is 3.63. The smallest absolute Gasteiger partial charge is 0.473 e. The predicted octanol–water partition coefficient (Wildman–Crippen LogP) is 5.34. The molecule has 2 aromatic carbocycles. The van der Waals surface area contributed by atoms with Crippen LogP contribution < -0.4 is 28.6 Å². The fraction of sp³-hybridized carbons (Fsp3) is 0.0400. The lowest BCUT2D eigenvalue weighted by atomic mass is 9.88. The Balaban J connectivity index is 0.000000215. The van der Waals surface area contributed by atoms with E-state index in [2.05, 4.69) is 36.3 Å². The molecule has 0 aliphatic carbocycles. The Kier molecular flexibility index (Phi) is 10.9. The van der Waals surface area contributed by atoms with Gasteiger partial charge in [-0.3, -0.25) is 0 Å². The quantitative estimate of drug-likeness (QED) is 0.113. The van der Waals surface area contributed by atoms with E-state index in [9.17, 15) is 0 Å². The summed E-state index contributed by atoms with van der Waals surface area (Å²) in [5, 5.41) is 16.7. The summed E-state index contributed by atoms with van der Waals surface area (Å²) in [6, 6.07) is 17.5. The van der Waals surface area contributed by atoms with Crippen LogP contribution in [0, 0.1) is 0 Å². The number of anilines is 4. The molecule has 37 heavy (non-hydrogen) atoms. The van der Waals surface area contributed by atoms with Gasteiger partial charge in [-0.2, -0.15) is 0 Å². The van der Waals surface area contributed by atoms with Gasteiger partial charge in [0.1, 0.15) is 17.2 Å². The molecule has 0 fully saturated rings. The number of benzene rings is 2. The Labute approximate surface area is 231 Å². The van der Waals surface area contributed by atoms with Crippen LogP contribution in [0.3, 0.4) is 0 Å². The molecule has 0 saturated carbocycles. The third kappa shape index (κ3) is 7.96. The van der Waals surface area contributed by atoms with Gasteiger partial charge in [0.2, 0.25) is 0 Å². The van der Waals surface area contributed by atoms with E-state index in [1.807, 2.05) is 24.3 Å². The van der Waals surface area contributed by atoms with Crippen molar-refractivity contribution in [2.24, 2.45) is 0 Å². The molecular formula is C25H27BBr2N4O5. The topological polar surface area (TPSA) is 184 Å².